The highest BCUT2D eigenvalue weighted by Gasteiger charge is 2.09. The molecule has 0 atom stereocenters. The molecule has 2 aromatic rings. The largest absolute Gasteiger partial charge is 0.491 e. The van der Waals surface area contributed by atoms with Crippen LogP contribution in [0.5, 0.6) is 5.75 Å². The molecule has 0 aliphatic heterocycles. The van der Waals surface area contributed by atoms with E-state index in [4.69, 9.17) is 9.47 Å². The molecule has 2 N–H and O–H groups in total. The Morgan fingerprint density at radius 1 is 1.00 bits per heavy atom. The van der Waals surface area contributed by atoms with Gasteiger partial charge in [-0.25, -0.2) is 0 Å². The van der Waals surface area contributed by atoms with Crippen LogP contribution in [0, 0.1) is 6.92 Å². The number of hydrogen-bond donors (Lipinski definition) is 2. The Morgan fingerprint density at radius 3 is 2.42 bits per heavy atom. The molecule has 0 aromatic heterocycles. The first-order valence-electron chi connectivity index (χ1n) is 8.45. The minimum Gasteiger partial charge on any atom is -0.491 e. The standard InChI is InChI=1S/C20H24N2O4/c1-15-5-3-4-6-18(15)20(24)21-12-11-19(23)22-16-7-9-17(10-8-16)26-14-13-25-2/h3-10H,11-14H2,1-2H3,(H,21,24)(H,22,23). The third kappa shape index (κ3) is 6.22. The van der Waals surface area contributed by atoms with Gasteiger partial charge in [0.1, 0.15) is 12.4 Å². The summed E-state index contributed by atoms with van der Waals surface area (Å²) < 4.78 is 10.4. The van der Waals surface area contributed by atoms with Crippen molar-refractivity contribution in [2.45, 2.75) is 13.3 Å². The molecule has 2 aromatic carbocycles. The first-order valence-corrected chi connectivity index (χ1v) is 8.45. The molecular weight excluding hydrogens is 332 g/mol. The van der Waals surface area contributed by atoms with Crippen molar-refractivity contribution in [2.75, 3.05) is 32.2 Å². The Balaban J connectivity index is 1.73. The second kappa shape index (κ2) is 10.2. The minimum atomic E-state index is -0.173. The number of anilines is 1. The van der Waals surface area contributed by atoms with Gasteiger partial charge in [-0.05, 0) is 42.8 Å². The van der Waals surface area contributed by atoms with E-state index < -0.39 is 0 Å². The summed E-state index contributed by atoms with van der Waals surface area (Å²) in [6, 6.07) is 14.4. The van der Waals surface area contributed by atoms with Crippen molar-refractivity contribution in [1.29, 1.82) is 0 Å². The quantitative estimate of drug-likeness (QED) is 0.678. The van der Waals surface area contributed by atoms with Crippen LogP contribution in [-0.4, -0.2) is 38.7 Å². The zero-order valence-corrected chi connectivity index (χ0v) is 15.1. The van der Waals surface area contributed by atoms with Gasteiger partial charge in [-0.15, -0.1) is 0 Å². The number of aryl methyl sites for hydroxylation is 1. The summed E-state index contributed by atoms with van der Waals surface area (Å²) >= 11 is 0. The zero-order chi connectivity index (χ0) is 18.8. The Morgan fingerprint density at radius 2 is 1.73 bits per heavy atom. The second-order valence-corrected chi connectivity index (χ2v) is 5.73. The van der Waals surface area contributed by atoms with Crippen LogP contribution < -0.4 is 15.4 Å². The molecule has 0 unspecified atom stereocenters. The van der Waals surface area contributed by atoms with Crippen LogP contribution >= 0.6 is 0 Å². The summed E-state index contributed by atoms with van der Waals surface area (Å²) in [5, 5.41) is 5.55. The number of methoxy groups -OCH3 is 1. The van der Waals surface area contributed by atoms with Crippen LogP contribution in [0.1, 0.15) is 22.3 Å². The van der Waals surface area contributed by atoms with Gasteiger partial charge >= 0.3 is 0 Å². The number of rotatable bonds is 9. The van der Waals surface area contributed by atoms with Gasteiger partial charge in [-0.2, -0.15) is 0 Å². The van der Waals surface area contributed by atoms with Gasteiger partial charge in [0.05, 0.1) is 6.61 Å². The fourth-order valence-corrected chi connectivity index (χ4v) is 2.31. The molecule has 0 aliphatic rings. The predicted molar refractivity (Wildman–Crippen MR) is 101 cm³/mol. The molecule has 26 heavy (non-hydrogen) atoms. The maximum atomic E-state index is 12.1. The minimum absolute atomic E-state index is 0.164. The van der Waals surface area contributed by atoms with E-state index in [1.165, 1.54) is 0 Å². The Bertz CT molecular complexity index is 729. The maximum absolute atomic E-state index is 12.1. The lowest BCUT2D eigenvalue weighted by Crippen LogP contribution is -2.28. The number of benzene rings is 2. The van der Waals surface area contributed by atoms with E-state index >= 15 is 0 Å². The van der Waals surface area contributed by atoms with Crippen LogP contribution in [0.4, 0.5) is 5.69 Å². The fraction of sp³-hybridized carbons (Fsp3) is 0.300. The van der Waals surface area contributed by atoms with E-state index in [1.807, 2.05) is 25.1 Å². The summed E-state index contributed by atoms with van der Waals surface area (Å²) in [5.74, 6) is 0.377. The van der Waals surface area contributed by atoms with Gasteiger partial charge in [0.2, 0.25) is 5.91 Å². The van der Waals surface area contributed by atoms with E-state index in [0.29, 0.717) is 30.2 Å². The molecule has 0 radical (unpaired) electrons. The monoisotopic (exact) mass is 356 g/mol. The smallest absolute Gasteiger partial charge is 0.251 e. The van der Waals surface area contributed by atoms with Gasteiger partial charge in [-0.1, -0.05) is 18.2 Å². The SMILES string of the molecule is COCCOc1ccc(NC(=O)CCNC(=O)c2ccccc2C)cc1. The molecule has 6 nitrogen and oxygen atoms in total. The maximum Gasteiger partial charge on any atom is 0.251 e. The first kappa shape index (κ1) is 19.5. The molecule has 0 aliphatic carbocycles. The first-order chi connectivity index (χ1) is 12.6. The molecular formula is C20H24N2O4. The lowest BCUT2D eigenvalue weighted by Gasteiger charge is -2.09. The normalized spacial score (nSPS) is 10.2. The number of hydrogen-bond acceptors (Lipinski definition) is 4. The lowest BCUT2D eigenvalue weighted by molar-refractivity contribution is -0.116. The van der Waals surface area contributed by atoms with Crippen molar-refractivity contribution in [3.63, 3.8) is 0 Å². The number of nitrogens with one attached hydrogen (secondary N) is 2. The van der Waals surface area contributed by atoms with E-state index in [0.717, 1.165) is 5.56 Å². The fourth-order valence-electron chi connectivity index (χ4n) is 2.31. The summed E-state index contributed by atoms with van der Waals surface area (Å²) in [5.41, 5.74) is 2.21. The van der Waals surface area contributed by atoms with Gasteiger partial charge in [0, 0.05) is 31.3 Å². The Hall–Kier alpha value is -2.86. The van der Waals surface area contributed by atoms with Crippen molar-refractivity contribution in [2.24, 2.45) is 0 Å². The average Bonchev–Trinajstić information content (AvgIpc) is 2.63. The highest BCUT2D eigenvalue weighted by atomic mass is 16.5. The van der Waals surface area contributed by atoms with Gasteiger partial charge in [0.15, 0.2) is 0 Å². The van der Waals surface area contributed by atoms with Crippen molar-refractivity contribution in [3.05, 3.63) is 59.7 Å². The van der Waals surface area contributed by atoms with Crippen LogP contribution in [0.2, 0.25) is 0 Å². The highest BCUT2D eigenvalue weighted by molar-refractivity contribution is 5.96. The molecule has 138 valence electrons. The van der Waals surface area contributed by atoms with Crippen molar-refractivity contribution < 1.29 is 19.1 Å². The average molecular weight is 356 g/mol. The van der Waals surface area contributed by atoms with Crippen molar-refractivity contribution in [3.8, 4) is 5.75 Å². The zero-order valence-electron chi connectivity index (χ0n) is 15.1. The molecule has 0 saturated heterocycles. The molecule has 0 bridgehead atoms. The second-order valence-electron chi connectivity index (χ2n) is 5.73. The molecule has 0 saturated carbocycles. The number of ether oxygens (including phenoxy) is 2. The van der Waals surface area contributed by atoms with Crippen LogP contribution in [0.3, 0.4) is 0 Å². The molecule has 0 heterocycles. The van der Waals surface area contributed by atoms with Gasteiger partial charge < -0.3 is 20.1 Å². The Kier molecular flexibility index (Phi) is 7.64. The molecule has 0 fully saturated rings. The third-order valence-electron chi connectivity index (χ3n) is 3.72. The summed E-state index contributed by atoms with van der Waals surface area (Å²) in [4.78, 5) is 24.1. The highest BCUT2D eigenvalue weighted by Crippen LogP contribution is 2.15. The molecule has 6 heteroatoms. The topological polar surface area (TPSA) is 76.7 Å². The molecule has 0 spiro atoms. The van der Waals surface area contributed by atoms with Crippen LogP contribution in [-0.2, 0) is 9.53 Å². The van der Waals surface area contributed by atoms with E-state index in [2.05, 4.69) is 10.6 Å². The van der Waals surface area contributed by atoms with E-state index in [-0.39, 0.29) is 24.8 Å². The lowest BCUT2D eigenvalue weighted by atomic mass is 10.1. The Labute approximate surface area is 153 Å². The third-order valence-corrected chi connectivity index (χ3v) is 3.72. The van der Waals surface area contributed by atoms with E-state index in [9.17, 15) is 9.59 Å². The number of carbonyl (C=O) groups excluding carboxylic acids is 2. The summed E-state index contributed by atoms with van der Waals surface area (Å²) in [7, 11) is 1.62. The summed E-state index contributed by atoms with van der Waals surface area (Å²) in [6.45, 7) is 3.15. The van der Waals surface area contributed by atoms with Gasteiger partial charge in [-0.3, -0.25) is 9.59 Å². The van der Waals surface area contributed by atoms with E-state index in [1.54, 1.807) is 37.4 Å². The predicted octanol–water partition coefficient (Wildman–Crippen LogP) is 2.78. The van der Waals surface area contributed by atoms with Crippen molar-refractivity contribution in [1.82, 2.24) is 5.32 Å². The number of amides is 2. The molecule has 2 amide bonds. The number of carbonyl (C=O) groups is 2. The van der Waals surface area contributed by atoms with Gasteiger partial charge in [0.25, 0.3) is 5.91 Å². The van der Waals surface area contributed by atoms with Crippen LogP contribution in [0.25, 0.3) is 0 Å². The molecule has 2 rings (SSSR count). The van der Waals surface area contributed by atoms with Crippen LogP contribution in [0.15, 0.2) is 48.5 Å². The summed E-state index contributed by atoms with van der Waals surface area (Å²) in [6.07, 6.45) is 0.198. The van der Waals surface area contributed by atoms with Crippen molar-refractivity contribution >= 4 is 17.5 Å².